The van der Waals surface area contributed by atoms with Crippen molar-refractivity contribution in [3.63, 3.8) is 0 Å². The molecule has 19 heavy (non-hydrogen) atoms. The minimum absolute atomic E-state index is 0.209. The first-order chi connectivity index (χ1) is 8.91. The molecule has 0 aliphatic carbocycles. The van der Waals surface area contributed by atoms with Crippen molar-refractivity contribution in [3.05, 3.63) is 55.9 Å². The van der Waals surface area contributed by atoms with Crippen LogP contribution in [0.2, 0.25) is 0 Å². The van der Waals surface area contributed by atoms with E-state index in [9.17, 15) is 9.59 Å². The van der Waals surface area contributed by atoms with Gasteiger partial charge in [0.05, 0.1) is 15.9 Å². The summed E-state index contributed by atoms with van der Waals surface area (Å²) in [5.41, 5.74) is 1.22. The third-order valence-electron chi connectivity index (χ3n) is 2.73. The first kappa shape index (κ1) is 13.5. The topological polar surface area (TPSA) is 72.2 Å². The summed E-state index contributed by atoms with van der Waals surface area (Å²) in [6.45, 7) is 3.65. The molecule has 6 heteroatoms. The van der Waals surface area contributed by atoms with Gasteiger partial charge < -0.3 is 5.11 Å². The van der Waals surface area contributed by atoms with Crippen molar-refractivity contribution in [2.24, 2.45) is 0 Å². The molecular weight excluding hydrogens is 312 g/mol. The Morgan fingerprint density at radius 1 is 1.26 bits per heavy atom. The fourth-order valence-electron chi connectivity index (χ4n) is 1.66. The number of halogens is 1. The van der Waals surface area contributed by atoms with Crippen LogP contribution in [0.25, 0.3) is 5.69 Å². The Balaban J connectivity index is 2.74. The predicted molar refractivity (Wildman–Crippen MR) is 74.0 cm³/mol. The van der Waals surface area contributed by atoms with Crippen molar-refractivity contribution in [2.75, 3.05) is 0 Å². The maximum Gasteiger partial charge on any atom is 0.360 e. The molecule has 5 nitrogen and oxygen atoms in total. The molecule has 0 spiro atoms. The normalized spacial score (nSPS) is 10.5. The van der Waals surface area contributed by atoms with Gasteiger partial charge in [-0.2, -0.15) is 5.10 Å². The van der Waals surface area contributed by atoms with E-state index in [1.165, 1.54) is 4.68 Å². The number of nitrogens with zero attached hydrogens (tertiary/aromatic N) is 2. The molecule has 0 atom stereocenters. The van der Waals surface area contributed by atoms with Gasteiger partial charge in [0.25, 0.3) is 0 Å². The molecule has 1 N–H and O–H groups in total. The first-order valence-electron chi connectivity index (χ1n) is 5.51. The Morgan fingerprint density at radius 2 is 1.84 bits per heavy atom. The first-order valence-corrected chi connectivity index (χ1v) is 6.31. The van der Waals surface area contributed by atoms with Crippen molar-refractivity contribution in [1.82, 2.24) is 9.78 Å². The lowest BCUT2D eigenvalue weighted by molar-refractivity contribution is 0.0686. The lowest BCUT2D eigenvalue weighted by atomic mass is 10.2. The quantitative estimate of drug-likeness (QED) is 0.920. The van der Waals surface area contributed by atoms with Gasteiger partial charge in [-0.05, 0) is 41.9 Å². The molecule has 0 radical (unpaired) electrons. The highest BCUT2D eigenvalue weighted by atomic mass is 79.9. The summed E-state index contributed by atoms with van der Waals surface area (Å²) in [5.74, 6) is -1.34. The van der Waals surface area contributed by atoms with Gasteiger partial charge in [-0.25, -0.2) is 9.48 Å². The molecule has 0 saturated carbocycles. The zero-order valence-corrected chi connectivity index (χ0v) is 11.9. The average Bonchev–Trinajstić information content (AvgIpc) is 2.37. The zero-order valence-electron chi connectivity index (χ0n) is 10.3. The van der Waals surface area contributed by atoms with Crippen LogP contribution in [0.1, 0.15) is 21.7 Å². The van der Waals surface area contributed by atoms with E-state index < -0.39 is 17.1 Å². The molecule has 0 aliphatic rings. The number of aromatic nitrogens is 2. The number of hydrogen-bond acceptors (Lipinski definition) is 3. The molecule has 0 fully saturated rings. The minimum atomic E-state index is -1.34. The highest BCUT2D eigenvalue weighted by Crippen LogP contribution is 2.16. The van der Waals surface area contributed by atoms with Crippen LogP contribution in [0, 0.1) is 13.8 Å². The number of rotatable bonds is 2. The number of benzene rings is 1. The van der Waals surface area contributed by atoms with Crippen molar-refractivity contribution < 1.29 is 9.90 Å². The van der Waals surface area contributed by atoms with Gasteiger partial charge in [-0.1, -0.05) is 17.7 Å². The number of aryl methyl sites for hydroxylation is 1. The van der Waals surface area contributed by atoms with E-state index in [1.54, 1.807) is 6.92 Å². The van der Waals surface area contributed by atoms with Gasteiger partial charge in [-0.3, -0.25) is 4.79 Å². The summed E-state index contributed by atoms with van der Waals surface area (Å²) in [4.78, 5) is 22.8. The highest BCUT2D eigenvalue weighted by Gasteiger charge is 2.18. The molecule has 0 aliphatic heterocycles. The number of aromatic carboxylic acids is 1. The third kappa shape index (κ3) is 2.44. The van der Waals surface area contributed by atoms with E-state index in [0.717, 1.165) is 5.56 Å². The molecule has 0 unspecified atom stereocenters. The summed E-state index contributed by atoms with van der Waals surface area (Å²) in [7, 11) is 0. The van der Waals surface area contributed by atoms with Gasteiger partial charge in [-0.15, -0.1) is 0 Å². The molecule has 0 bridgehead atoms. The second kappa shape index (κ2) is 4.97. The second-order valence-corrected chi connectivity index (χ2v) is 4.92. The zero-order chi connectivity index (χ0) is 14.2. The Bertz CT molecular complexity index is 705. The van der Waals surface area contributed by atoms with E-state index in [4.69, 9.17) is 5.11 Å². The van der Waals surface area contributed by atoms with Crippen molar-refractivity contribution in [1.29, 1.82) is 0 Å². The maximum absolute atomic E-state index is 11.8. The molecule has 0 saturated heterocycles. The largest absolute Gasteiger partial charge is 0.476 e. The lowest BCUT2D eigenvalue weighted by Gasteiger charge is -2.11. The van der Waals surface area contributed by atoms with Crippen molar-refractivity contribution in [3.8, 4) is 5.69 Å². The van der Waals surface area contributed by atoms with E-state index in [1.807, 2.05) is 31.2 Å². The summed E-state index contributed by atoms with van der Waals surface area (Å²) in [6.07, 6.45) is 0. The van der Waals surface area contributed by atoms with Crippen LogP contribution in [0.5, 0.6) is 0 Å². The predicted octanol–water partition coefficient (Wildman–Crippen LogP) is 2.31. The fraction of sp³-hybridized carbons (Fsp3) is 0.154. The minimum Gasteiger partial charge on any atom is -0.476 e. The van der Waals surface area contributed by atoms with Crippen LogP contribution in [-0.2, 0) is 0 Å². The van der Waals surface area contributed by atoms with Gasteiger partial charge in [0.15, 0.2) is 0 Å². The average molecular weight is 323 g/mol. The molecule has 2 aromatic rings. The standard InChI is InChI=1S/C13H11BrN2O3/c1-7-3-5-9(6-4-7)16-8(2)10(14)12(17)11(15-16)13(18)19/h3-6H,1-2H3,(H,18,19). The van der Waals surface area contributed by atoms with Crippen LogP contribution in [0.15, 0.2) is 33.5 Å². The molecule has 98 valence electrons. The summed E-state index contributed by atoms with van der Waals surface area (Å²) in [6, 6.07) is 7.42. The molecule has 1 heterocycles. The van der Waals surface area contributed by atoms with Gasteiger partial charge in [0.2, 0.25) is 11.1 Å². The van der Waals surface area contributed by atoms with Crippen LogP contribution >= 0.6 is 15.9 Å². The fourth-order valence-corrected chi connectivity index (χ4v) is 2.01. The Labute approximate surface area is 117 Å². The molecule has 0 amide bonds. The summed E-state index contributed by atoms with van der Waals surface area (Å²) >= 11 is 3.12. The smallest absolute Gasteiger partial charge is 0.360 e. The van der Waals surface area contributed by atoms with Crippen molar-refractivity contribution >= 4 is 21.9 Å². The van der Waals surface area contributed by atoms with E-state index in [0.29, 0.717) is 11.4 Å². The number of hydrogen-bond donors (Lipinski definition) is 1. The molecule has 2 rings (SSSR count). The second-order valence-electron chi connectivity index (χ2n) is 4.13. The Hall–Kier alpha value is -1.95. The maximum atomic E-state index is 11.8. The Kier molecular flexibility index (Phi) is 3.53. The molecule has 1 aromatic heterocycles. The van der Waals surface area contributed by atoms with Gasteiger partial charge >= 0.3 is 5.97 Å². The SMILES string of the molecule is Cc1ccc(-n2nc(C(=O)O)c(=O)c(Br)c2C)cc1. The lowest BCUT2D eigenvalue weighted by Crippen LogP contribution is -2.24. The highest BCUT2D eigenvalue weighted by molar-refractivity contribution is 9.10. The summed E-state index contributed by atoms with van der Waals surface area (Å²) < 4.78 is 1.65. The van der Waals surface area contributed by atoms with E-state index >= 15 is 0 Å². The van der Waals surface area contributed by atoms with Gasteiger partial charge in [0, 0.05) is 0 Å². The van der Waals surface area contributed by atoms with Gasteiger partial charge in [0.1, 0.15) is 0 Å². The van der Waals surface area contributed by atoms with Crippen LogP contribution in [-0.4, -0.2) is 20.9 Å². The van der Waals surface area contributed by atoms with E-state index in [-0.39, 0.29) is 4.47 Å². The van der Waals surface area contributed by atoms with Crippen LogP contribution in [0.3, 0.4) is 0 Å². The molecule has 1 aromatic carbocycles. The van der Waals surface area contributed by atoms with E-state index in [2.05, 4.69) is 21.0 Å². The van der Waals surface area contributed by atoms with Crippen LogP contribution in [0.4, 0.5) is 0 Å². The Morgan fingerprint density at radius 3 is 2.37 bits per heavy atom. The third-order valence-corrected chi connectivity index (χ3v) is 3.66. The van der Waals surface area contributed by atoms with Crippen molar-refractivity contribution in [2.45, 2.75) is 13.8 Å². The summed E-state index contributed by atoms with van der Waals surface area (Å²) in [5, 5.41) is 12.9. The number of carbonyl (C=O) groups is 1. The molecular formula is C13H11BrN2O3. The number of carboxylic acids is 1. The van der Waals surface area contributed by atoms with Crippen LogP contribution < -0.4 is 5.43 Å². The monoisotopic (exact) mass is 322 g/mol. The number of carboxylic acid groups (broad SMARTS) is 1.